The van der Waals surface area contributed by atoms with Crippen molar-refractivity contribution in [1.29, 1.82) is 0 Å². The fraction of sp³-hybridized carbons (Fsp3) is 0.778. The van der Waals surface area contributed by atoms with Crippen LogP contribution in [-0.2, 0) is 0 Å². The van der Waals surface area contributed by atoms with Crippen molar-refractivity contribution >= 4 is 0 Å². The summed E-state index contributed by atoms with van der Waals surface area (Å²) in [5, 5.41) is 3.47. The van der Waals surface area contributed by atoms with Crippen molar-refractivity contribution in [3.8, 4) is 0 Å². The molecule has 1 nitrogen and oxygen atoms in total. The zero-order valence-electron chi connectivity index (χ0n) is 31.8. The summed E-state index contributed by atoms with van der Waals surface area (Å²) in [5.41, 5.74) is 1.50. The molecular weight excluding hydrogens is 555 g/mol. The molecule has 46 heavy (non-hydrogen) atoms. The van der Waals surface area contributed by atoms with Gasteiger partial charge in [-0.15, -0.1) is 0 Å². The molecule has 0 radical (unpaired) electrons. The summed E-state index contributed by atoms with van der Waals surface area (Å²) in [4.78, 5) is 0. The average Bonchev–Trinajstić information content (AvgIpc) is 3.06. The van der Waals surface area contributed by atoms with Crippen LogP contribution in [0.15, 0.2) is 60.8 Å². The third-order valence-electron chi connectivity index (χ3n) is 9.34. The van der Waals surface area contributed by atoms with Gasteiger partial charge in [-0.05, 0) is 102 Å². The first kappa shape index (κ1) is 44.7. The predicted octanol–water partition coefficient (Wildman–Crippen LogP) is 15.3. The van der Waals surface area contributed by atoms with E-state index in [1.54, 1.807) is 0 Å². The van der Waals surface area contributed by atoms with Crippen LogP contribution < -0.4 is 5.32 Å². The van der Waals surface area contributed by atoms with Gasteiger partial charge >= 0.3 is 0 Å². The van der Waals surface area contributed by atoms with Crippen LogP contribution in [0.3, 0.4) is 0 Å². The first-order valence-corrected chi connectivity index (χ1v) is 20.7. The van der Waals surface area contributed by atoms with E-state index in [2.05, 4.69) is 81.3 Å². The Labute approximate surface area is 291 Å². The molecule has 0 aromatic carbocycles. The molecular formula is C45H83N. The van der Waals surface area contributed by atoms with Gasteiger partial charge in [0.15, 0.2) is 0 Å². The van der Waals surface area contributed by atoms with Crippen molar-refractivity contribution in [3.05, 3.63) is 60.8 Å². The number of allylic oxidation sites excluding steroid dienone is 9. The molecule has 1 heteroatoms. The average molecular weight is 638 g/mol. The second-order valence-electron chi connectivity index (χ2n) is 14.0. The molecule has 0 aliphatic rings. The maximum absolute atomic E-state index is 4.49. The molecule has 0 fully saturated rings. The molecule has 0 amide bonds. The van der Waals surface area contributed by atoms with Gasteiger partial charge in [-0.3, -0.25) is 0 Å². The molecule has 0 spiro atoms. The lowest BCUT2D eigenvalue weighted by atomic mass is 9.88. The van der Waals surface area contributed by atoms with E-state index in [4.69, 9.17) is 0 Å². The van der Waals surface area contributed by atoms with E-state index in [0.717, 1.165) is 31.8 Å². The van der Waals surface area contributed by atoms with Crippen LogP contribution in [0, 0.1) is 5.92 Å². The summed E-state index contributed by atoms with van der Waals surface area (Å²) in [6.45, 7) is 13.5. The third kappa shape index (κ3) is 37.1. The minimum absolute atomic E-state index is 0.864. The van der Waals surface area contributed by atoms with E-state index in [9.17, 15) is 0 Å². The Bertz CT molecular complexity index is 663. The first-order chi connectivity index (χ1) is 22.7. The molecule has 0 rings (SSSR count). The van der Waals surface area contributed by atoms with Gasteiger partial charge in [0.2, 0.25) is 0 Å². The smallest absolute Gasteiger partial charge is 0.00460 e. The number of nitrogens with one attached hydrogen (secondary N) is 1. The van der Waals surface area contributed by atoms with E-state index in [-0.39, 0.29) is 0 Å². The van der Waals surface area contributed by atoms with E-state index in [1.807, 2.05) is 0 Å². The van der Waals surface area contributed by atoms with Gasteiger partial charge in [-0.1, -0.05) is 184 Å². The highest BCUT2D eigenvalue weighted by Crippen LogP contribution is 2.26. The molecule has 1 N–H and O–H groups in total. The monoisotopic (exact) mass is 638 g/mol. The zero-order valence-corrected chi connectivity index (χ0v) is 31.8. The van der Waals surface area contributed by atoms with Crippen molar-refractivity contribution in [1.82, 2.24) is 5.32 Å². The minimum atomic E-state index is 0.864. The van der Waals surface area contributed by atoms with Crippen LogP contribution in [0.1, 0.15) is 207 Å². The van der Waals surface area contributed by atoms with Gasteiger partial charge in [-0.2, -0.15) is 0 Å². The maximum atomic E-state index is 4.49. The van der Waals surface area contributed by atoms with Crippen molar-refractivity contribution in [2.24, 2.45) is 5.92 Å². The lowest BCUT2D eigenvalue weighted by Crippen LogP contribution is -2.14. The van der Waals surface area contributed by atoms with E-state index < -0.39 is 0 Å². The standard InChI is InChI=1S/C45H83N/c1-5-8-10-12-14-16-18-20-22-24-26-28-30-32-34-36-40-45(43-44(4)39-38-42-46-7-3)41-37-35-33-31-29-27-25-23-21-19-17-15-13-11-9-6-2/h14-17,20-23,45-46H,4-13,18-19,24-43H2,1-3H3/b16-14-,17-15-,22-20-,23-21-. The molecule has 0 atom stereocenters. The summed E-state index contributed by atoms with van der Waals surface area (Å²) in [6.07, 6.45) is 57.7. The topological polar surface area (TPSA) is 12.0 Å². The molecule has 0 aliphatic carbocycles. The molecule has 0 saturated heterocycles. The Morgan fingerprint density at radius 3 is 1.28 bits per heavy atom. The second kappa shape index (κ2) is 39.8. The Balaban J connectivity index is 4.00. The van der Waals surface area contributed by atoms with Crippen LogP contribution >= 0.6 is 0 Å². The van der Waals surface area contributed by atoms with E-state index in [1.165, 1.54) is 179 Å². The van der Waals surface area contributed by atoms with Gasteiger partial charge < -0.3 is 5.32 Å². The van der Waals surface area contributed by atoms with Gasteiger partial charge in [0.1, 0.15) is 0 Å². The third-order valence-corrected chi connectivity index (χ3v) is 9.34. The number of unbranched alkanes of at least 4 members (excludes halogenated alkanes) is 18. The summed E-state index contributed by atoms with van der Waals surface area (Å²) < 4.78 is 0. The summed E-state index contributed by atoms with van der Waals surface area (Å²) in [6, 6.07) is 0. The molecule has 0 bridgehead atoms. The van der Waals surface area contributed by atoms with Gasteiger partial charge in [0, 0.05) is 0 Å². The van der Waals surface area contributed by atoms with Crippen molar-refractivity contribution in [2.45, 2.75) is 207 Å². The number of hydrogen-bond acceptors (Lipinski definition) is 1. The summed E-state index contributed by atoms with van der Waals surface area (Å²) >= 11 is 0. The molecule has 0 saturated carbocycles. The first-order valence-electron chi connectivity index (χ1n) is 20.7. The zero-order chi connectivity index (χ0) is 33.4. The highest BCUT2D eigenvalue weighted by molar-refractivity contribution is 4.96. The van der Waals surface area contributed by atoms with E-state index >= 15 is 0 Å². The lowest BCUT2D eigenvalue weighted by molar-refractivity contribution is 0.396. The largest absolute Gasteiger partial charge is 0.317 e. The molecule has 268 valence electrons. The highest BCUT2D eigenvalue weighted by atomic mass is 14.8. The molecule has 0 unspecified atom stereocenters. The molecule has 0 aliphatic heterocycles. The number of rotatable bonds is 37. The van der Waals surface area contributed by atoms with Crippen molar-refractivity contribution in [3.63, 3.8) is 0 Å². The van der Waals surface area contributed by atoms with Gasteiger partial charge in [-0.25, -0.2) is 0 Å². The van der Waals surface area contributed by atoms with Gasteiger partial charge in [0.25, 0.3) is 0 Å². The fourth-order valence-electron chi connectivity index (χ4n) is 6.34. The summed E-state index contributed by atoms with van der Waals surface area (Å²) in [5.74, 6) is 0.864. The Morgan fingerprint density at radius 1 is 0.478 bits per heavy atom. The van der Waals surface area contributed by atoms with Gasteiger partial charge in [0.05, 0.1) is 0 Å². The second-order valence-corrected chi connectivity index (χ2v) is 14.0. The minimum Gasteiger partial charge on any atom is -0.317 e. The SMILES string of the molecule is C=C(CCCNCC)CC(CCCCCCCC/C=C\C/C=C\CCCCC)CCCCCCCC/C=C\C/C=C\CCCCC. The van der Waals surface area contributed by atoms with Crippen LogP contribution in [0.5, 0.6) is 0 Å². The molecule has 0 aromatic heterocycles. The molecule has 0 heterocycles. The highest BCUT2D eigenvalue weighted by Gasteiger charge is 2.11. The Morgan fingerprint density at radius 2 is 0.870 bits per heavy atom. The maximum Gasteiger partial charge on any atom is -0.00460 e. The molecule has 0 aromatic rings. The van der Waals surface area contributed by atoms with Crippen LogP contribution in [-0.4, -0.2) is 13.1 Å². The van der Waals surface area contributed by atoms with Crippen molar-refractivity contribution < 1.29 is 0 Å². The van der Waals surface area contributed by atoms with Crippen LogP contribution in [0.4, 0.5) is 0 Å². The Hall–Kier alpha value is -1.34. The van der Waals surface area contributed by atoms with Crippen LogP contribution in [0.2, 0.25) is 0 Å². The number of hydrogen-bond donors (Lipinski definition) is 1. The normalized spacial score (nSPS) is 12.3. The van der Waals surface area contributed by atoms with Crippen LogP contribution in [0.25, 0.3) is 0 Å². The predicted molar refractivity (Wildman–Crippen MR) is 213 cm³/mol. The van der Waals surface area contributed by atoms with Crippen molar-refractivity contribution in [2.75, 3.05) is 13.1 Å². The Kier molecular flexibility index (Phi) is 38.7. The fourth-order valence-corrected chi connectivity index (χ4v) is 6.34. The van der Waals surface area contributed by atoms with E-state index in [0.29, 0.717) is 0 Å². The summed E-state index contributed by atoms with van der Waals surface area (Å²) in [7, 11) is 0. The quantitative estimate of drug-likeness (QED) is 0.0528. The lowest BCUT2D eigenvalue weighted by Gasteiger charge is -2.19.